The van der Waals surface area contributed by atoms with Crippen LogP contribution < -0.4 is 0 Å². The molecule has 0 fully saturated rings. The van der Waals surface area contributed by atoms with Gasteiger partial charge in [0.15, 0.2) is 0 Å². The van der Waals surface area contributed by atoms with E-state index < -0.39 is 0 Å². The predicted octanol–water partition coefficient (Wildman–Crippen LogP) is 0.381. The molecule has 1 heterocycles. The van der Waals surface area contributed by atoms with E-state index in [2.05, 4.69) is 36.7 Å². The quantitative estimate of drug-likeness (QED) is 0.462. The smallest absolute Gasteiger partial charge is 0.234 e. The number of hydrogen-bond acceptors (Lipinski definition) is 1. The summed E-state index contributed by atoms with van der Waals surface area (Å²) < 4.78 is 2.22. The monoisotopic (exact) mass is 127 g/mol. The Labute approximate surface area is 56.8 Å². The summed E-state index contributed by atoms with van der Waals surface area (Å²) in [5, 5.41) is 0. The van der Waals surface area contributed by atoms with Crippen LogP contribution >= 0.6 is 0 Å². The third-order valence-corrected chi connectivity index (χ3v) is 1.72. The van der Waals surface area contributed by atoms with Crippen molar-refractivity contribution in [2.75, 3.05) is 20.1 Å². The first kappa shape index (κ1) is 6.59. The predicted molar refractivity (Wildman–Crippen MR) is 39.0 cm³/mol. The number of hydrogen-bond donors (Lipinski definition) is 0. The van der Waals surface area contributed by atoms with Crippen molar-refractivity contribution in [1.82, 2.24) is 4.90 Å². The molecule has 1 rings (SSSR count). The van der Waals surface area contributed by atoms with E-state index in [9.17, 15) is 0 Å². The molecule has 9 heavy (non-hydrogen) atoms. The van der Waals surface area contributed by atoms with Gasteiger partial charge in [0.1, 0.15) is 13.1 Å². The van der Waals surface area contributed by atoms with Gasteiger partial charge in [0.2, 0.25) is 6.34 Å². The van der Waals surface area contributed by atoms with E-state index in [1.807, 2.05) is 0 Å². The summed E-state index contributed by atoms with van der Waals surface area (Å²) in [7, 11) is 2.11. The van der Waals surface area contributed by atoms with E-state index in [0.29, 0.717) is 6.04 Å². The van der Waals surface area contributed by atoms with E-state index in [1.165, 1.54) is 13.1 Å². The second kappa shape index (κ2) is 2.38. The van der Waals surface area contributed by atoms with E-state index in [0.717, 1.165) is 0 Å². The van der Waals surface area contributed by atoms with Gasteiger partial charge in [0.25, 0.3) is 0 Å². The highest BCUT2D eigenvalue weighted by Crippen LogP contribution is 1.97. The molecule has 52 valence electrons. The van der Waals surface area contributed by atoms with Crippen LogP contribution in [0.4, 0.5) is 0 Å². The Bertz CT molecular complexity index is 127. The largest absolute Gasteiger partial charge is 0.267 e. The summed E-state index contributed by atoms with van der Waals surface area (Å²) in [5.41, 5.74) is 0. The third kappa shape index (κ3) is 1.44. The number of nitrogens with zero attached hydrogens (tertiary/aromatic N) is 2. The summed E-state index contributed by atoms with van der Waals surface area (Å²) in [5.74, 6) is 0. The van der Waals surface area contributed by atoms with Crippen molar-refractivity contribution in [3.8, 4) is 0 Å². The first-order valence-electron chi connectivity index (χ1n) is 3.51. The zero-order chi connectivity index (χ0) is 6.85. The van der Waals surface area contributed by atoms with Crippen LogP contribution in [-0.4, -0.2) is 42.0 Å². The maximum absolute atomic E-state index is 2.35. The molecule has 0 aromatic rings. The van der Waals surface area contributed by atoms with Gasteiger partial charge >= 0.3 is 0 Å². The summed E-state index contributed by atoms with van der Waals surface area (Å²) in [6, 6.07) is 0.662. The molecule has 0 unspecified atom stereocenters. The fraction of sp³-hybridized carbons (Fsp3) is 0.857. The lowest BCUT2D eigenvalue weighted by Crippen LogP contribution is -2.27. The van der Waals surface area contributed by atoms with Gasteiger partial charge in [0, 0.05) is 0 Å². The van der Waals surface area contributed by atoms with Crippen molar-refractivity contribution in [2.24, 2.45) is 0 Å². The van der Waals surface area contributed by atoms with Gasteiger partial charge in [-0.15, -0.1) is 0 Å². The van der Waals surface area contributed by atoms with Gasteiger partial charge in [-0.3, -0.25) is 9.48 Å². The van der Waals surface area contributed by atoms with E-state index >= 15 is 0 Å². The molecule has 0 aliphatic carbocycles. The molecular weight excluding hydrogens is 112 g/mol. The maximum Gasteiger partial charge on any atom is 0.234 e. The maximum atomic E-state index is 2.35. The fourth-order valence-electron chi connectivity index (χ4n) is 1.03. The summed E-state index contributed by atoms with van der Waals surface area (Å²) in [6.45, 7) is 6.80. The Hall–Kier alpha value is -0.530. The van der Waals surface area contributed by atoms with Gasteiger partial charge in [-0.1, -0.05) is 0 Å². The van der Waals surface area contributed by atoms with Crippen molar-refractivity contribution in [2.45, 2.75) is 19.9 Å². The first-order valence-corrected chi connectivity index (χ1v) is 3.51. The van der Waals surface area contributed by atoms with Crippen molar-refractivity contribution in [3.63, 3.8) is 0 Å². The lowest BCUT2D eigenvalue weighted by molar-refractivity contribution is -0.482. The van der Waals surface area contributed by atoms with Gasteiger partial charge in [-0.2, -0.15) is 0 Å². The molecule has 1 aliphatic heterocycles. The molecule has 2 heteroatoms. The zero-order valence-electron chi connectivity index (χ0n) is 6.46. The highest BCUT2D eigenvalue weighted by molar-refractivity contribution is 5.50. The first-order chi connectivity index (χ1) is 4.20. The average molecular weight is 127 g/mol. The van der Waals surface area contributed by atoms with E-state index in [1.54, 1.807) is 0 Å². The average Bonchev–Trinajstić information content (AvgIpc) is 2.14. The molecule has 0 amide bonds. The van der Waals surface area contributed by atoms with Crippen LogP contribution in [0.2, 0.25) is 0 Å². The Morgan fingerprint density at radius 2 is 2.22 bits per heavy atom. The normalized spacial score (nSPS) is 19.1. The molecule has 2 nitrogen and oxygen atoms in total. The van der Waals surface area contributed by atoms with Crippen LogP contribution in [-0.2, 0) is 0 Å². The second-order valence-electron chi connectivity index (χ2n) is 2.93. The molecule has 0 aromatic heterocycles. The van der Waals surface area contributed by atoms with Crippen LogP contribution in [0, 0.1) is 0 Å². The third-order valence-electron chi connectivity index (χ3n) is 1.72. The van der Waals surface area contributed by atoms with Crippen LogP contribution in [0.3, 0.4) is 0 Å². The van der Waals surface area contributed by atoms with Crippen LogP contribution in [0.1, 0.15) is 13.8 Å². The van der Waals surface area contributed by atoms with Gasteiger partial charge < -0.3 is 0 Å². The van der Waals surface area contributed by atoms with Gasteiger partial charge in [-0.05, 0) is 13.8 Å². The van der Waals surface area contributed by atoms with Crippen molar-refractivity contribution < 1.29 is 4.58 Å². The molecule has 0 spiro atoms. The molecule has 0 radical (unpaired) electrons. The molecule has 0 saturated carbocycles. The minimum Gasteiger partial charge on any atom is -0.267 e. The van der Waals surface area contributed by atoms with Crippen LogP contribution in [0.5, 0.6) is 0 Å². The van der Waals surface area contributed by atoms with Gasteiger partial charge in [0.05, 0.1) is 13.1 Å². The minimum absolute atomic E-state index is 0.662. The molecule has 0 N–H and O–H groups in total. The fourth-order valence-corrected chi connectivity index (χ4v) is 1.03. The highest BCUT2D eigenvalue weighted by Gasteiger charge is 2.18. The second-order valence-corrected chi connectivity index (χ2v) is 2.93. The molecular formula is C7H15N2+. The molecule has 1 aliphatic rings. The number of likely N-dealkylation sites (N-methyl/N-ethyl adjacent to an activating group) is 1. The van der Waals surface area contributed by atoms with Crippen molar-refractivity contribution in [3.05, 3.63) is 0 Å². The van der Waals surface area contributed by atoms with E-state index in [4.69, 9.17) is 0 Å². The summed E-state index contributed by atoms with van der Waals surface area (Å²) in [6.07, 6.45) is 2.19. The molecule has 0 atom stereocenters. The Morgan fingerprint density at radius 3 is 2.44 bits per heavy atom. The highest BCUT2D eigenvalue weighted by atomic mass is 15.3. The Morgan fingerprint density at radius 1 is 1.56 bits per heavy atom. The summed E-state index contributed by atoms with van der Waals surface area (Å²) in [4.78, 5) is 2.35. The Balaban J connectivity index is 2.47. The lowest BCUT2D eigenvalue weighted by atomic mass is 10.3. The lowest BCUT2D eigenvalue weighted by Gasteiger charge is -2.09. The SMILES string of the molecule is CC(C)N1C=[N+](C)CC1. The van der Waals surface area contributed by atoms with Crippen LogP contribution in [0.25, 0.3) is 0 Å². The van der Waals surface area contributed by atoms with Crippen molar-refractivity contribution in [1.29, 1.82) is 0 Å². The molecule has 0 aromatic carbocycles. The topological polar surface area (TPSA) is 6.25 Å². The molecule has 0 bridgehead atoms. The standard InChI is InChI=1S/C7H15N2/c1-7(2)9-5-4-8(3)6-9/h6-7H,4-5H2,1-3H3/q+1. The van der Waals surface area contributed by atoms with Crippen LogP contribution in [0.15, 0.2) is 0 Å². The van der Waals surface area contributed by atoms with Crippen molar-refractivity contribution >= 4 is 6.34 Å². The number of rotatable bonds is 1. The van der Waals surface area contributed by atoms with Gasteiger partial charge in [-0.25, -0.2) is 0 Å². The zero-order valence-corrected chi connectivity index (χ0v) is 6.46. The Kier molecular flexibility index (Phi) is 1.74. The molecule has 0 saturated heterocycles. The van der Waals surface area contributed by atoms with E-state index in [-0.39, 0.29) is 0 Å². The summed E-state index contributed by atoms with van der Waals surface area (Å²) >= 11 is 0. The minimum atomic E-state index is 0.662.